The van der Waals surface area contributed by atoms with Crippen LogP contribution in [0.2, 0.25) is 0 Å². The van der Waals surface area contributed by atoms with Crippen molar-refractivity contribution in [3.63, 3.8) is 0 Å². The van der Waals surface area contributed by atoms with E-state index in [9.17, 15) is 4.79 Å². The first-order valence-electron chi connectivity index (χ1n) is 7.35. The number of aryl methyl sites for hydroxylation is 1. The van der Waals surface area contributed by atoms with Crippen molar-refractivity contribution < 1.29 is 9.53 Å². The molecule has 1 unspecified atom stereocenters. The Labute approximate surface area is 120 Å². The Balaban J connectivity index is 1.73. The van der Waals surface area contributed by atoms with Crippen LogP contribution in [0.3, 0.4) is 0 Å². The first-order chi connectivity index (χ1) is 9.67. The summed E-state index contributed by atoms with van der Waals surface area (Å²) in [6, 6.07) is 6.00. The molecule has 1 N–H and O–H groups in total. The standard InChI is InChI=1S/C16H22N2O2/c1-11-3-4-13(15(9-11)20-2)16(19)17-14-10-18-7-5-12(14)6-8-18/h3-4,9,12,14H,5-8,10H2,1-2H3,(H,17,19). The summed E-state index contributed by atoms with van der Waals surface area (Å²) in [7, 11) is 1.61. The second-order valence-corrected chi connectivity index (χ2v) is 5.92. The highest BCUT2D eigenvalue weighted by molar-refractivity contribution is 5.97. The van der Waals surface area contributed by atoms with Crippen molar-refractivity contribution in [1.29, 1.82) is 0 Å². The number of ether oxygens (including phenoxy) is 1. The van der Waals surface area contributed by atoms with Crippen molar-refractivity contribution in [3.8, 4) is 5.75 Å². The lowest BCUT2D eigenvalue weighted by molar-refractivity contribution is 0.0619. The van der Waals surface area contributed by atoms with Crippen LogP contribution < -0.4 is 10.1 Å². The minimum atomic E-state index is -0.0133. The van der Waals surface area contributed by atoms with E-state index in [2.05, 4.69) is 10.2 Å². The SMILES string of the molecule is COc1cc(C)ccc1C(=O)NC1CN2CCC1CC2. The van der Waals surface area contributed by atoms with Gasteiger partial charge in [-0.2, -0.15) is 0 Å². The lowest BCUT2D eigenvalue weighted by atomic mass is 9.84. The fourth-order valence-corrected chi connectivity index (χ4v) is 3.36. The number of benzene rings is 1. The van der Waals surface area contributed by atoms with Crippen LogP contribution in [0.25, 0.3) is 0 Å². The Kier molecular flexibility index (Phi) is 3.66. The summed E-state index contributed by atoms with van der Waals surface area (Å²) in [5.41, 5.74) is 1.73. The fraction of sp³-hybridized carbons (Fsp3) is 0.562. The van der Waals surface area contributed by atoms with Gasteiger partial charge in [-0.1, -0.05) is 6.07 Å². The lowest BCUT2D eigenvalue weighted by Gasteiger charge is -2.44. The molecule has 3 fully saturated rings. The second-order valence-electron chi connectivity index (χ2n) is 5.92. The lowest BCUT2D eigenvalue weighted by Crippen LogP contribution is -2.57. The van der Waals surface area contributed by atoms with Gasteiger partial charge in [-0.05, 0) is 56.5 Å². The van der Waals surface area contributed by atoms with E-state index in [0.29, 0.717) is 17.2 Å². The topological polar surface area (TPSA) is 41.6 Å². The molecule has 0 saturated carbocycles. The summed E-state index contributed by atoms with van der Waals surface area (Å²) >= 11 is 0. The van der Waals surface area contributed by atoms with Gasteiger partial charge in [0, 0.05) is 12.6 Å². The smallest absolute Gasteiger partial charge is 0.255 e. The summed E-state index contributed by atoms with van der Waals surface area (Å²) in [5.74, 6) is 1.28. The zero-order valence-electron chi connectivity index (χ0n) is 12.2. The molecule has 2 bridgehead atoms. The van der Waals surface area contributed by atoms with E-state index < -0.39 is 0 Å². The van der Waals surface area contributed by atoms with Crippen LogP contribution in [0.5, 0.6) is 5.75 Å². The molecule has 0 aliphatic carbocycles. The first-order valence-corrected chi connectivity index (χ1v) is 7.35. The van der Waals surface area contributed by atoms with Crippen LogP contribution in [-0.4, -0.2) is 43.6 Å². The van der Waals surface area contributed by atoms with E-state index in [1.54, 1.807) is 7.11 Å². The van der Waals surface area contributed by atoms with Crippen LogP contribution in [0.1, 0.15) is 28.8 Å². The van der Waals surface area contributed by atoms with Gasteiger partial charge in [0.25, 0.3) is 5.91 Å². The normalized spacial score (nSPS) is 28.2. The first kappa shape index (κ1) is 13.4. The van der Waals surface area contributed by atoms with Gasteiger partial charge in [0.05, 0.1) is 12.7 Å². The Morgan fingerprint density at radius 1 is 1.35 bits per heavy atom. The van der Waals surface area contributed by atoms with E-state index in [0.717, 1.165) is 12.1 Å². The van der Waals surface area contributed by atoms with Crippen LogP contribution in [-0.2, 0) is 0 Å². The van der Waals surface area contributed by atoms with Gasteiger partial charge < -0.3 is 15.0 Å². The van der Waals surface area contributed by atoms with Gasteiger partial charge in [-0.25, -0.2) is 0 Å². The number of nitrogens with one attached hydrogen (secondary N) is 1. The average molecular weight is 274 g/mol. The number of fused-ring (bicyclic) bond motifs is 3. The second kappa shape index (κ2) is 5.44. The molecule has 1 aromatic rings. The van der Waals surface area contributed by atoms with Gasteiger partial charge in [0.2, 0.25) is 0 Å². The number of hydrogen-bond acceptors (Lipinski definition) is 3. The molecular weight excluding hydrogens is 252 g/mol. The predicted octanol–water partition coefficient (Wildman–Crippen LogP) is 1.83. The third kappa shape index (κ3) is 2.52. The summed E-state index contributed by atoms with van der Waals surface area (Å²) in [6.07, 6.45) is 2.41. The number of hydrogen-bond donors (Lipinski definition) is 1. The summed E-state index contributed by atoms with van der Waals surface area (Å²) in [6.45, 7) is 5.36. The Bertz CT molecular complexity index is 507. The molecule has 1 aromatic carbocycles. The molecule has 4 heteroatoms. The summed E-state index contributed by atoms with van der Waals surface area (Å²) in [4.78, 5) is 14.9. The highest BCUT2D eigenvalue weighted by Crippen LogP contribution is 2.28. The molecular formula is C16H22N2O2. The predicted molar refractivity (Wildman–Crippen MR) is 78.1 cm³/mol. The third-order valence-corrected chi connectivity index (χ3v) is 4.57. The molecule has 4 rings (SSSR count). The summed E-state index contributed by atoms with van der Waals surface area (Å²) < 4.78 is 5.33. The van der Waals surface area contributed by atoms with Crippen molar-refractivity contribution >= 4 is 5.91 Å². The van der Waals surface area contributed by atoms with Gasteiger partial charge >= 0.3 is 0 Å². The van der Waals surface area contributed by atoms with E-state index in [-0.39, 0.29) is 11.9 Å². The maximum absolute atomic E-state index is 12.5. The average Bonchev–Trinajstić information content (AvgIpc) is 2.48. The van der Waals surface area contributed by atoms with Crippen molar-refractivity contribution in [1.82, 2.24) is 10.2 Å². The molecule has 20 heavy (non-hydrogen) atoms. The molecule has 1 atom stereocenters. The van der Waals surface area contributed by atoms with Crippen LogP contribution in [0.4, 0.5) is 0 Å². The molecule has 1 amide bonds. The van der Waals surface area contributed by atoms with Gasteiger partial charge in [-0.3, -0.25) is 4.79 Å². The molecule has 4 nitrogen and oxygen atoms in total. The van der Waals surface area contributed by atoms with Gasteiger partial charge in [0.1, 0.15) is 5.75 Å². The van der Waals surface area contributed by atoms with E-state index in [1.165, 1.54) is 25.9 Å². The maximum atomic E-state index is 12.5. The van der Waals surface area contributed by atoms with E-state index in [4.69, 9.17) is 4.74 Å². The number of carbonyl (C=O) groups excluding carboxylic acids is 1. The number of nitrogens with zero attached hydrogens (tertiary/aromatic N) is 1. The molecule has 3 heterocycles. The van der Waals surface area contributed by atoms with E-state index >= 15 is 0 Å². The van der Waals surface area contributed by atoms with Crippen molar-refractivity contribution in [3.05, 3.63) is 29.3 Å². The Morgan fingerprint density at radius 2 is 2.10 bits per heavy atom. The number of carbonyl (C=O) groups is 1. The molecule has 3 aliphatic heterocycles. The van der Waals surface area contributed by atoms with Crippen molar-refractivity contribution in [2.45, 2.75) is 25.8 Å². The van der Waals surface area contributed by atoms with Crippen LogP contribution in [0, 0.1) is 12.8 Å². The van der Waals surface area contributed by atoms with E-state index in [1.807, 2.05) is 25.1 Å². The zero-order valence-corrected chi connectivity index (χ0v) is 12.2. The molecule has 3 saturated heterocycles. The molecule has 108 valence electrons. The van der Waals surface area contributed by atoms with Crippen LogP contribution >= 0.6 is 0 Å². The Hall–Kier alpha value is -1.55. The highest BCUT2D eigenvalue weighted by Gasteiger charge is 2.35. The Morgan fingerprint density at radius 3 is 2.70 bits per heavy atom. The van der Waals surface area contributed by atoms with Gasteiger partial charge in [0.15, 0.2) is 0 Å². The third-order valence-electron chi connectivity index (χ3n) is 4.57. The van der Waals surface area contributed by atoms with Crippen LogP contribution in [0.15, 0.2) is 18.2 Å². The molecule has 0 aromatic heterocycles. The molecule has 3 aliphatic rings. The van der Waals surface area contributed by atoms with Crippen molar-refractivity contribution in [2.75, 3.05) is 26.7 Å². The minimum Gasteiger partial charge on any atom is -0.496 e. The summed E-state index contributed by atoms with van der Waals surface area (Å²) in [5, 5.41) is 3.20. The van der Waals surface area contributed by atoms with Gasteiger partial charge in [-0.15, -0.1) is 0 Å². The zero-order chi connectivity index (χ0) is 14.1. The molecule has 0 radical (unpaired) electrons. The fourth-order valence-electron chi connectivity index (χ4n) is 3.36. The quantitative estimate of drug-likeness (QED) is 0.914. The van der Waals surface area contributed by atoms with Crippen molar-refractivity contribution in [2.24, 2.45) is 5.92 Å². The number of amides is 1. The molecule has 0 spiro atoms. The number of methoxy groups -OCH3 is 1. The number of piperidine rings is 3. The number of rotatable bonds is 3. The highest BCUT2D eigenvalue weighted by atomic mass is 16.5. The monoisotopic (exact) mass is 274 g/mol. The minimum absolute atomic E-state index is 0.0133. The largest absolute Gasteiger partial charge is 0.496 e. The maximum Gasteiger partial charge on any atom is 0.255 e.